The summed E-state index contributed by atoms with van der Waals surface area (Å²) in [5.74, 6) is 0. The van der Waals surface area contributed by atoms with Gasteiger partial charge in [-0.1, -0.05) is 44.2 Å². The van der Waals surface area contributed by atoms with Gasteiger partial charge >= 0.3 is 0 Å². The fourth-order valence-electron chi connectivity index (χ4n) is 2.32. The first-order valence-electron chi connectivity index (χ1n) is 7.05. The first kappa shape index (κ1) is 13.8. The Morgan fingerprint density at radius 2 is 1.84 bits per heavy atom. The number of nitrogens with zero attached hydrogens (tertiary/aromatic N) is 1. The second-order valence-corrected chi connectivity index (χ2v) is 4.76. The van der Waals surface area contributed by atoms with E-state index in [-0.39, 0.29) is 0 Å². The Balaban J connectivity index is 2.06. The molecule has 0 amide bonds. The molecule has 0 aliphatic rings. The fraction of sp³-hybridized carbons (Fsp3) is 0.353. The zero-order valence-electron chi connectivity index (χ0n) is 11.8. The number of rotatable bonds is 6. The molecule has 1 heterocycles. The highest BCUT2D eigenvalue weighted by atomic mass is 14.9. The molecule has 19 heavy (non-hydrogen) atoms. The van der Waals surface area contributed by atoms with Crippen LogP contribution in [0.15, 0.2) is 48.7 Å². The minimum absolute atomic E-state index is 0.467. The standard InChI is InChI=1S/C17H22N2/c1-3-17(18-4-2)15-10-8-14(9-11-15)13-16-7-5-6-12-19-16/h5-12,17-18H,3-4,13H2,1-2H3. The van der Waals surface area contributed by atoms with E-state index in [4.69, 9.17) is 0 Å². The Kier molecular flexibility index (Phi) is 5.10. The third-order valence-electron chi connectivity index (χ3n) is 3.35. The smallest absolute Gasteiger partial charge is 0.0447 e. The maximum atomic E-state index is 4.36. The number of hydrogen-bond donors (Lipinski definition) is 1. The Morgan fingerprint density at radius 3 is 2.42 bits per heavy atom. The van der Waals surface area contributed by atoms with Gasteiger partial charge in [0.05, 0.1) is 0 Å². The molecule has 0 bridgehead atoms. The monoisotopic (exact) mass is 254 g/mol. The van der Waals surface area contributed by atoms with Gasteiger partial charge in [0.15, 0.2) is 0 Å². The molecule has 2 nitrogen and oxygen atoms in total. The summed E-state index contributed by atoms with van der Waals surface area (Å²) in [5.41, 5.74) is 3.80. The molecule has 1 aromatic carbocycles. The molecule has 1 atom stereocenters. The summed E-state index contributed by atoms with van der Waals surface area (Å²) in [6.45, 7) is 5.38. The van der Waals surface area contributed by atoms with Gasteiger partial charge in [0.25, 0.3) is 0 Å². The van der Waals surface area contributed by atoms with E-state index in [1.807, 2.05) is 18.3 Å². The molecule has 1 unspecified atom stereocenters. The number of hydrogen-bond acceptors (Lipinski definition) is 2. The van der Waals surface area contributed by atoms with Crippen LogP contribution in [0.1, 0.15) is 43.1 Å². The van der Waals surface area contributed by atoms with Gasteiger partial charge in [-0.15, -0.1) is 0 Å². The number of nitrogens with one attached hydrogen (secondary N) is 1. The molecular weight excluding hydrogens is 232 g/mol. The highest BCUT2D eigenvalue weighted by molar-refractivity contribution is 5.28. The van der Waals surface area contributed by atoms with Gasteiger partial charge in [-0.2, -0.15) is 0 Å². The molecule has 2 rings (SSSR count). The molecular formula is C17H22N2. The van der Waals surface area contributed by atoms with E-state index in [9.17, 15) is 0 Å². The van der Waals surface area contributed by atoms with Crippen LogP contribution in [0, 0.1) is 0 Å². The molecule has 2 aromatic rings. The van der Waals surface area contributed by atoms with Crippen LogP contribution in [0.25, 0.3) is 0 Å². The van der Waals surface area contributed by atoms with Crippen LogP contribution in [-0.2, 0) is 6.42 Å². The van der Waals surface area contributed by atoms with Crippen molar-refractivity contribution < 1.29 is 0 Å². The van der Waals surface area contributed by atoms with E-state index in [1.165, 1.54) is 11.1 Å². The summed E-state index contributed by atoms with van der Waals surface area (Å²) in [4.78, 5) is 4.36. The summed E-state index contributed by atoms with van der Waals surface area (Å²) in [5, 5.41) is 3.51. The summed E-state index contributed by atoms with van der Waals surface area (Å²) in [7, 11) is 0. The Bertz CT molecular complexity index is 476. The van der Waals surface area contributed by atoms with Crippen molar-refractivity contribution in [2.24, 2.45) is 0 Å². The van der Waals surface area contributed by atoms with Crippen molar-refractivity contribution in [1.82, 2.24) is 10.3 Å². The lowest BCUT2D eigenvalue weighted by Gasteiger charge is -2.16. The molecule has 1 aromatic heterocycles. The summed E-state index contributed by atoms with van der Waals surface area (Å²) < 4.78 is 0. The zero-order valence-corrected chi connectivity index (χ0v) is 11.8. The maximum Gasteiger partial charge on any atom is 0.0447 e. The van der Waals surface area contributed by atoms with Gasteiger partial charge in [0, 0.05) is 24.4 Å². The molecule has 100 valence electrons. The third-order valence-corrected chi connectivity index (χ3v) is 3.35. The topological polar surface area (TPSA) is 24.9 Å². The van der Waals surface area contributed by atoms with E-state index in [1.54, 1.807) is 0 Å². The molecule has 0 fully saturated rings. The minimum atomic E-state index is 0.467. The van der Waals surface area contributed by atoms with Crippen molar-refractivity contribution in [2.45, 2.75) is 32.7 Å². The summed E-state index contributed by atoms with van der Waals surface area (Å²) in [6, 6.07) is 15.4. The lowest BCUT2D eigenvalue weighted by atomic mass is 10.0. The molecule has 0 aliphatic heterocycles. The Hall–Kier alpha value is -1.67. The fourth-order valence-corrected chi connectivity index (χ4v) is 2.32. The van der Waals surface area contributed by atoms with Crippen LogP contribution >= 0.6 is 0 Å². The molecule has 0 saturated heterocycles. The van der Waals surface area contributed by atoms with Crippen LogP contribution in [0.3, 0.4) is 0 Å². The van der Waals surface area contributed by atoms with Gasteiger partial charge in [-0.3, -0.25) is 4.98 Å². The van der Waals surface area contributed by atoms with Gasteiger partial charge in [0.2, 0.25) is 0 Å². The third kappa shape index (κ3) is 3.90. The molecule has 0 radical (unpaired) electrons. The SMILES string of the molecule is CCNC(CC)c1ccc(Cc2ccccn2)cc1. The van der Waals surface area contributed by atoms with Crippen molar-refractivity contribution in [2.75, 3.05) is 6.54 Å². The van der Waals surface area contributed by atoms with E-state index in [0.29, 0.717) is 6.04 Å². The number of aromatic nitrogens is 1. The van der Waals surface area contributed by atoms with Crippen LogP contribution in [0.2, 0.25) is 0 Å². The zero-order chi connectivity index (χ0) is 13.5. The van der Waals surface area contributed by atoms with E-state index in [0.717, 1.165) is 25.1 Å². The van der Waals surface area contributed by atoms with E-state index < -0.39 is 0 Å². The maximum absolute atomic E-state index is 4.36. The molecule has 0 aliphatic carbocycles. The van der Waals surface area contributed by atoms with Gasteiger partial charge in [-0.25, -0.2) is 0 Å². The van der Waals surface area contributed by atoms with Gasteiger partial charge in [0.1, 0.15) is 0 Å². The highest BCUT2D eigenvalue weighted by Crippen LogP contribution is 2.18. The number of pyridine rings is 1. The largest absolute Gasteiger partial charge is 0.310 e. The lowest BCUT2D eigenvalue weighted by Crippen LogP contribution is -2.19. The predicted octanol–water partition coefficient (Wildman–Crippen LogP) is 3.73. The summed E-state index contributed by atoms with van der Waals surface area (Å²) >= 11 is 0. The van der Waals surface area contributed by atoms with Crippen molar-refractivity contribution in [3.05, 3.63) is 65.5 Å². The van der Waals surface area contributed by atoms with Crippen LogP contribution < -0.4 is 5.32 Å². The van der Waals surface area contributed by atoms with Crippen LogP contribution in [0.4, 0.5) is 0 Å². The van der Waals surface area contributed by atoms with Crippen molar-refractivity contribution >= 4 is 0 Å². The first-order valence-corrected chi connectivity index (χ1v) is 7.05. The van der Waals surface area contributed by atoms with E-state index in [2.05, 4.69) is 54.5 Å². The van der Waals surface area contributed by atoms with Crippen molar-refractivity contribution in [1.29, 1.82) is 0 Å². The second kappa shape index (κ2) is 7.05. The quantitative estimate of drug-likeness (QED) is 0.849. The molecule has 1 N–H and O–H groups in total. The Morgan fingerprint density at radius 1 is 1.05 bits per heavy atom. The highest BCUT2D eigenvalue weighted by Gasteiger charge is 2.07. The second-order valence-electron chi connectivity index (χ2n) is 4.76. The van der Waals surface area contributed by atoms with Gasteiger partial charge < -0.3 is 5.32 Å². The molecule has 0 spiro atoms. The van der Waals surface area contributed by atoms with E-state index >= 15 is 0 Å². The average molecular weight is 254 g/mol. The predicted molar refractivity (Wildman–Crippen MR) is 80.2 cm³/mol. The van der Waals surface area contributed by atoms with Crippen molar-refractivity contribution in [3.8, 4) is 0 Å². The molecule has 2 heteroatoms. The normalized spacial score (nSPS) is 12.3. The molecule has 0 saturated carbocycles. The Labute approximate surface area is 115 Å². The first-order chi connectivity index (χ1) is 9.33. The average Bonchev–Trinajstić information content (AvgIpc) is 2.47. The lowest BCUT2D eigenvalue weighted by molar-refractivity contribution is 0.537. The van der Waals surface area contributed by atoms with Crippen molar-refractivity contribution in [3.63, 3.8) is 0 Å². The van der Waals surface area contributed by atoms with Gasteiger partial charge in [-0.05, 0) is 36.2 Å². The summed E-state index contributed by atoms with van der Waals surface area (Å²) in [6.07, 6.45) is 3.87. The minimum Gasteiger partial charge on any atom is -0.310 e. The number of benzene rings is 1. The van der Waals surface area contributed by atoms with Crippen LogP contribution in [-0.4, -0.2) is 11.5 Å². The van der Waals surface area contributed by atoms with Crippen LogP contribution in [0.5, 0.6) is 0 Å².